The molecule has 2 aromatic carbocycles. The fourth-order valence-electron chi connectivity index (χ4n) is 3.86. The molecule has 1 aliphatic heterocycles. The summed E-state index contributed by atoms with van der Waals surface area (Å²) in [6, 6.07) is 15.6. The van der Waals surface area contributed by atoms with Gasteiger partial charge in [0.2, 0.25) is 5.91 Å². The Hall–Kier alpha value is -2.66. The highest BCUT2D eigenvalue weighted by molar-refractivity contribution is 5.95. The van der Waals surface area contributed by atoms with E-state index in [-0.39, 0.29) is 23.8 Å². The minimum absolute atomic E-state index is 0.0116. The second-order valence-electron chi connectivity index (χ2n) is 7.49. The second-order valence-corrected chi connectivity index (χ2v) is 7.49. The van der Waals surface area contributed by atoms with E-state index in [1.54, 1.807) is 0 Å². The maximum Gasteiger partial charge on any atom is 0.287 e. The smallest absolute Gasteiger partial charge is 0.287 e. The molecule has 2 aromatic rings. The molecule has 0 bridgehead atoms. The van der Waals surface area contributed by atoms with Gasteiger partial charge in [-0.2, -0.15) is 0 Å². The number of rotatable bonds is 5. The summed E-state index contributed by atoms with van der Waals surface area (Å²) in [6.45, 7) is 5.53. The molecule has 3 rings (SSSR count). The van der Waals surface area contributed by atoms with Gasteiger partial charge in [-0.05, 0) is 31.0 Å². The van der Waals surface area contributed by atoms with Crippen LogP contribution in [0.4, 0.5) is 5.69 Å². The van der Waals surface area contributed by atoms with Crippen LogP contribution in [0, 0.1) is 19.8 Å². The first-order valence-electron chi connectivity index (χ1n) is 9.52. The van der Waals surface area contributed by atoms with E-state index in [1.807, 2.05) is 62.4 Å². The molecule has 1 fully saturated rings. The molecule has 0 aromatic heterocycles. The number of likely N-dealkylation sites (tertiary alicyclic amines) is 1. The topological polar surface area (TPSA) is 76.6 Å². The Bertz CT molecular complexity index is 812. The summed E-state index contributed by atoms with van der Waals surface area (Å²) in [5, 5.41) is 3.13. The average Bonchev–Trinajstić information content (AvgIpc) is 2.66. The maximum atomic E-state index is 13.3. The molecule has 1 saturated heterocycles. The van der Waals surface area contributed by atoms with Crippen molar-refractivity contribution in [2.45, 2.75) is 32.7 Å². The summed E-state index contributed by atoms with van der Waals surface area (Å²) in [6.07, 6.45) is 1.45. The largest absolute Gasteiger partial charge is 0.369 e. The van der Waals surface area contributed by atoms with Gasteiger partial charge in [-0.3, -0.25) is 9.59 Å². The summed E-state index contributed by atoms with van der Waals surface area (Å²) in [4.78, 5) is 25.9. The van der Waals surface area contributed by atoms with Crippen LogP contribution in [0.25, 0.3) is 0 Å². The summed E-state index contributed by atoms with van der Waals surface area (Å²) in [5.74, 6) is -0.320. The Balaban J connectivity index is 1.83. The zero-order valence-corrected chi connectivity index (χ0v) is 16.0. The number of carbonyl (C=O) groups is 2. The van der Waals surface area contributed by atoms with Crippen molar-refractivity contribution in [3.63, 3.8) is 0 Å². The Morgan fingerprint density at radius 3 is 2.37 bits per heavy atom. The molecule has 1 heterocycles. The molecule has 1 aliphatic rings. The number of quaternary nitrogens is 1. The third kappa shape index (κ3) is 4.55. The van der Waals surface area contributed by atoms with E-state index in [9.17, 15) is 9.59 Å². The summed E-state index contributed by atoms with van der Waals surface area (Å²) in [5.41, 5.74) is 9.47. The Labute approximate surface area is 160 Å². The molecule has 4 N–H and O–H groups in total. The minimum Gasteiger partial charge on any atom is -0.369 e. The van der Waals surface area contributed by atoms with E-state index >= 15 is 0 Å². The number of aryl methyl sites for hydroxylation is 2. The van der Waals surface area contributed by atoms with E-state index in [0.717, 1.165) is 48.3 Å². The third-order valence-corrected chi connectivity index (χ3v) is 5.48. The van der Waals surface area contributed by atoms with Crippen molar-refractivity contribution < 1.29 is 14.5 Å². The predicted molar refractivity (Wildman–Crippen MR) is 106 cm³/mol. The SMILES string of the molecule is Cc1ccc(C)c(NC(=O)[C@H](c2ccccc2)[NH+]2CCC(C(N)=O)CC2)c1. The lowest BCUT2D eigenvalue weighted by molar-refractivity contribution is -0.927. The van der Waals surface area contributed by atoms with E-state index in [1.165, 1.54) is 4.90 Å². The number of piperidine rings is 1. The van der Waals surface area contributed by atoms with E-state index in [4.69, 9.17) is 5.73 Å². The van der Waals surface area contributed by atoms with Crippen LogP contribution in [0.1, 0.15) is 35.6 Å². The van der Waals surface area contributed by atoms with Gasteiger partial charge >= 0.3 is 0 Å². The molecular formula is C22H28N3O2+. The first-order chi connectivity index (χ1) is 13.0. The van der Waals surface area contributed by atoms with E-state index in [2.05, 4.69) is 5.32 Å². The summed E-state index contributed by atoms with van der Waals surface area (Å²) >= 11 is 0. The highest BCUT2D eigenvalue weighted by atomic mass is 16.2. The van der Waals surface area contributed by atoms with Gasteiger partial charge in [0, 0.05) is 30.0 Å². The molecule has 0 spiro atoms. The second kappa shape index (κ2) is 8.35. The van der Waals surface area contributed by atoms with Crippen LogP contribution in [0.15, 0.2) is 48.5 Å². The van der Waals surface area contributed by atoms with Gasteiger partial charge < -0.3 is 16.0 Å². The number of hydrogen-bond donors (Lipinski definition) is 3. The number of primary amides is 1. The highest BCUT2D eigenvalue weighted by Gasteiger charge is 2.36. The molecule has 0 unspecified atom stereocenters. The quantitative estimate of drug-likeness (QED) is 0.754. The number of benzene rings is 2. The monoisotopic (exact) mass is 366 g/mol. The lowest BCUT2D eigenvalue weighted by Crippen LogP contribution is -3.14. The van der Waals surface area contributed by atoms with Crippen molar-refractivity contribution in [3.05, 3.63) is 65.2 Å². The lowest BCUT2D eigenvalue weighted by Gasteiger charge is -2.33. The number of carbonyl (C=O) groups excluding carboxylic acids is 2. The Kier molecular flexibility index (Phi) is 5.91. The standard InChI is InChI=1S/C22H27N3O2/c1-15-8-9-16(2)19(14-15)24-22(27)20(17-6-4-3-5-7-17)25-12-10-18(11-13-25)21(23)26/h3-9,14,18,20H,10-13H2,1-2H3,(H2,23,26)(H,24,27)/p+1/t20-/m0/s1. The third-order valence-electron chi connectivity index (χ3n) is 5.48. The van der Waals surface area contributed by atoms with Crippen molar-refractivity contribution >= 4 is 17.5 Å². The normalized spacial score (nSPS) is 20.7. The van der Waals surface area contributed by atoms with Crippen LogP contribution in [0.2, 0.25) is 0 Å². The van der Waals surface area contributed by atoms with Crippen molar-refractivity contribution in [2.75, 3.05) is 18.4 Å². The van der Waals surface area contributed by atoms with E-state index in [0.29, 0.717) is 0 Å². The Morgan fingerprint density at radius 2 is 1.74 bits per heavy atom. The number of nitrogens with one attached hydrogen (secondary N) is 2. The van der Waals surface area contributed by atoms with Gasteiger partial charge in [-0.15, -0.1) is 0 Å². The molecule has 5 heteroatoms. The molecule has 0 radical (unpaired) electrons. The van der Waals surface area contributed by atoms with Crippen LogP contribution >= 0.6 is 0 Å². The van der Waals surface area contributed by atoms with Gasteiger partial charge in [0.25, 0.3) is 5.91 Å². The first-order valence-corrected chi connectivity index (χ1v) is 9.52. The molecule has 0 saturated carbocycles. The fourth-order valence-corrected chi connectivity index (χ4v) is 3.86. The number of hydrogen-bond acceptors (Lipinski definition) is 2. The summed E-state index contributed by atoms with van der Waals surface area (Å²) in [7, 11) is 0. The van der Waals surface area contributed by atoms with Crippen molar-refractivity contribution in [1.82, 2.24) is 0 Å². The van der Waals surface area contributed by atoms with Gasteiger partial charge in [0.15, 0.2) is 6.04 Å². The lowest BCUT2D eigenvalue weighted by atomic mass is 9.93. The average molecular weight is 366 g/mol. The van der Waals surface area contributed by atoms with Crippen LogP contribution < -0.4 is 16.0 Å². The van der Waals surface area contributed by atoms with Crippen LogP contribution in [0.3, 0.4) is 0 Å². The number of amides is 2. The van der Waals surface area contributed by atoms with Crippen LogP contribution in [0.5, 0.6) is 0 Å². The van der Waals surface area contributed by atoms with Crippen LogP contribution in [-0.4, -0.2) is 24.9 Å². The van der Waals surface area contributed by atoms with Gasteiger partial charge in [0.05, 0.1) is 13.1 Å². The van der Waals surface area contributed by atoms with Crippen molar-refractivity contribution in [3.8, 4) is 0 Å². The van der Waals surface area contributed by atoms with E-state index < -0.39 is 0 Å². The molecule has 5 nitrogen and oxygen atoms in total. The van der Waals surface area contributed by atoms with Crippen LogP contribution in [-0.2, 0) is 9.59 Å². The van der Waals surface area contributed by atoms with Crippen molar-refractivity contribution in [1.29, 1.82) is 0 Å². The van der Waals surface area contributed by atoms with Gasteiger partial charge in [-0.1, -0.05) is 42.5 Å². The number of anilines is 1. The minimum atomic E-state index is -0.306. The number of nitrogens with two attached hydrogens (primary N) is 1. The zero-order valence-electron chi connectivity index (χ0n) is 16.0. The molecule has 1 atom stereocenters. The molecule has 2 amide bonds. The first kappa shape index (κ1) is 19.1. The van der Waals surface area contributed by atoms with Crippen molar-refractivity contribution in [2.24, 2.45) is 11.7 Å². The Morgan fingerprint density at radius 1 is 1.07 bits per heavy atom. The molecule has 142 valence electrons. The van der Waals surface area contributed by atoms with Gasteiger partial charge in [0.1, 0.15) is 0 Å². The molecule has 0 aliphatic carbocycles. The molecular weight excluding hydrogens is 338 g/mol. The molecule has 27 heavy (non-hydrogen) atoms. The summed E-state index contributed by atoms with van der Waals surface area (Å²) < 4.78 is 0. The maximum absolute atomic E-state index is 13.3. The highest BCUT2D eigenvalue weighted by Crippen LogP contribution is 2.20. The predicted octanol–water partition coefficient (Wildman–Crippen LogP) is 1.76. The van der Waals surface area contributed by atoms with Gasteiger partial charge in [-0.25, -0.2) is 0 Å². The fraction of sp³-hybridized carbons (Fsp3) is 0.364. The zero-order chi connectivity index (χ0) is 19.4.